The number of carbonyl (C=O) groups excluding carboxylic acids is 1. The third-order valence-electron chi connectivity index (χ3n) is 4.35. The topological polar surface area (TPSA) is 80.0 Å². The van der Waals surface area contributed by atoms with Gasteiger partial charge in [0, 0.05) is 7.05 Å². The number of rotatable bonds is 6. The lowest BCUT2D eigenvalue weighted by Gasteiger charge is -2.27. The molecule has 1 fully saturated rings. The lowest BCUT2D eigenvalue weighted by Crippen LogP contribution is -2.32. The monoisotopic (exact) mass is 323 g/mol. The van der Waals surface area contributed by atoms with Gasteiger partial charge in [-0.05, 0) is 31.7 Å². The molecule has 2 atom stereocenters. The van der Waals surface area contributed by atoms with Crippen molar-refractivity contribution in [2.24, 2.45) is 5.92 Å². The molecule has 0 saturated heterocycles. The molecule has 1 aliphatic carbocycles. The minimum atomic E-state index is -1.03. The van der Waals surface area contributed by atoms with Crippen LogP contribution in [0.25, 0.3) is 0 Å². The molecule has 1 amide bonds. The average molecular weight is 323 g/mol. The summed E-state index contributed by atoms with van der Waals surface area (Å²) in [5.41, 5.74) is 0.133. The first-order valence-electron chi connectivity index (χ1n) is 8.05. The van der Waals surface area contributed by atoms with Crippen LogP contribution in [-0.2, 0) is 16.1 Å². The fraction of sp³-hybridized carbons (Fsp3) is 0.647. The van der Waals surface area contributed by atoms with Crippen LogP contribution in [0, 0.1) is 12.8 Å². The average Bonchev–Trinajstić information content (AvgIpc) is 2.85. The van der Waals surface area contributed by atoms with E-state index < -0.39 is 5.97 Å². The van der Waals surface area contributed by atoms with Crippen LogP contribution in [0.1, 0.15) is 54.5 Å². The summed E-state index contributed by atoms with van der Waals surface area (Å²) in [4.78, 5) is 24.6. The first kappa shape index (κ1) is 17.5. The van der Waals surface area contributed by atoms with Crippen molar-refractivity contribution in [3.05, 3.63) is 23.2 Å². The van der Waals surface area contributed by atoms with E-state index in [9.17, 15) is 9.59 Å². The highest BCUT2D eigenvalue weighted by atomic mass is 16.5. The normalized spacial score (nSPS) is 21.2. The Labute approximate surface area is 136 Å². The van der Waals surface area contributed by atoms with Crippen LogP contribution < -0.4 is 0 Å². The number of carboxylic acid groups (broad SMARTS) is 1. The number of furan rings is 1. The number of hydrogen-bond acceptors (Lipinski definition) is 4. The predicted octanol–water partition coefficient (Wildman–Crippen LogP) is 2.84. The smallest absolute Gasteiger partial charge is 0.339 e. The van der Waals surface area contributed by atoms with E-state index in [1.165, 1.54) is 17.4 Å². The molecule has 0 spiro atoms. The Kier molecular flexibility index (Phi) is 5.82. The molecule has 1 N–H and O–H groups in total. The van der Waals surface area contributed by atoms with E-state index in [1.54, 1.807) is 14.0 Å². The van der Waals surface area contributed by atoms with Gasteiger partial charge in [0.15, 0.2) is 0 Å². The fourth-order valence-electron chi connectivity index (χ4n) is 2.99. The number of carboxylic acids is 1. The Balaban J connectivity index is 1.82. The summed E-state index contributed by atoms with van der Waals surface area (Å²) in [5, 5.41) is 9.01. The molecule has 0 aliphatic heterocycles. The molecule has 0 bridgehead atoms. The summed E-state index contributed by atoms with van der Waals surface area (Å²) < 4.78 is 11.1. The Hall–Kier alpha value is -1.82. The van der Waals surface area contributed by atoms with Crippen LogP contribution in [0.4, 0.5) is 0 Å². The third kappa shape index (κ3) is 4.82. The van der Waals surface area contributed by atoms with Crippen molar-refractivity contribution in [3.8, 4) is 0 Å². The molecule has 23 heavy (non-hydrogen) atoms. The minimum Gasteiger partial charge on any atom is -0.478 e. The maximum Gasteiger partial charge on any atom is 0.339 e. The van der Waals surface area contributed by atoms with Gasteiger partial charge in [0.2, 0.25) is 5.91 Å². The van der Waals surface area contributed by atoms with E-state index in [0.29, 0.717) is 17.4 Å². The molecule has 128 valence electrons. The summed E-state index contributed by atoms with van der Waals surface area (Å²) in [6, 6.07) is 1.46. The molecule has 1 aromatic heterocycles. The van der Waals surface area contributed by atoms with Crippen molar-refractivity contribution in [2.45, 2.75) is 52.2 Å². The van der Waals surface area contributed by atoms with Crippen LogP contribution in [0.5, 0.6) is 0 Å². The van der Waals surface area contributed by atoms with E-state index in [-0.39, 0.29) is 30.7 Å². The highest BCUT2D eigenvalue weighted by molar-refractivity contribution is 5.88. The Morgan fingerprint density at radius 1 is 1.43 bits per heavy atom. The molecule has 6 nitrogen and oxygen atoms in total. The largest absolute Gasteiger partial charge is 0.478 e. The van der Waals surface area contributed by atoms with Crippen LogP contribution >= 0.6 is 0 Å². The van der Waals surface area contributed by atoms with Crippen molar-refractivity contribution in [3.63, 3.8) is 0 Å². The Bertz CT molecular complexity index is 565. The van der Waals surface area contributed by atoms with Crippen LogP contribution in [0.15, 0.2) is 10.5 Å². The van der Waals surface area contributed by atoms with Gasteiger partial charge in [0.25, 0.3) is 0 Å². The molecule has 1 saturated carbocycles. The number of aromatic carboxylic acids is 1. The molecule has 0 radical (unpaired) electrons. The number of amides is 1. The number of nitrogens with zero attached hydrogens (tertiary/aromatic N) is 1. The van der Waals surface area contributed by atoms with Gasteiger partial charge in [0.1, 0.15) is 23.7 Å². The van der Waals surface area contributed by atoms with Crippen LogP contribution in [-0.4, -0.2) is 41.6 Å². The predicted molar refractivity (Wildman–Crippen MR) is 84.3 cm³/mol. The number of carbonyl (C=O) groups is 2. The molecule has 0 aromatic carbocycles. The van der Waals surface area contributed by atoms with Crippen molar-refractivity contribution in [2.75, 3.05) is 13.7 Å². The number of ether oxygens (including phenoxy) is 1. The number of aryl methyl sites for hydroxylation is 1. The highest BCUT2D eigenvalue weighted by Gasteiger charge is 2.22. The number of likely N-dealkylation sites (N-methyl/N-ethyl adjacent to an activating group) is 1. The van der Waals surface area contributed by atoms with Gasteiger partial charge in [-0.1, -0.05) is 19.8 Å². The van der Waals surface area contributed by atoms with E-state index in [0.717, 1.165) is 19.3 Å². The second-order valence-electron chi connectivity index (χ2n) is 6.44. The first-order valence-corrected chi connectivity index (χ1v) is 8.05. The standard InChI is InChI=1S/C17H25NO5/c1-11-5-4-6-13(7-11)22-10-16(19)18(3)9-14-8-15(17(20)21)12(2)23-14/h8,11,13H,4-7,9-10H2,1-3H3,(H,20,21)/t11-,13-/m0/s1. The highest BCUT2D eigenvalue weighted by Crippen LogP contribution is 2.25. The van der Waals surface area contributed by atoms with Gasteiger partial charge in [0.05, 0.1) is 12.6 Å². The third-order valence-corrected chi connectivity index (χ3v) is 4.35. The zero-order valence-electron chi connectivity index (χ0n) is 14.0. The van der Waals surface area contributed by atoms with Gasteiger partial charge in [-0.25, -0.2) is 4.79 Å². The van der Waals surface area contributed by atoms with Gasteiger partial charge in [-0.2, -0.15) is 0 Å². The maximum absolute atomic E-state index is 12.1. The van der Waals surface area contributed by atoms with E-state index in [2.05, 4.69) is 6.92 Å². The van der Waals surface area contributed by atoms with Crippen LogP contribution in [0.3, 0.4) is 0 Å². The molecule has 1 aliphatic rings. The van der Waals surface area contributed by atoms with Gasteiger partial charge in [-0.15, -0.1) is 0 Å². The van der Waals surface area contributed by atoms with Crippen molar-refractivity contribution in [1.29, 1.82) is 0 Å². The van der Waals surface area contributed by atoms with E-state index >= 15 is 0 Å². The molecular weight excluding hydrogens is 298 g/mol. The Morgan fingerprint density at radius 3 is 2.78 bits per heavy atom. The van der Waals surface area contributed by atoms with E-state index in [1.807, 2.05) is 0 Å². The summed E-state index contributed by atoms with van der Waals surface area (Å²) >= 11 is 0. The summed E-state index contributed by atoms with van der Waals surface area (Å²) in [6.45, 7) is 4.10. The maximum atomic E-state index is 12.1. The lowest BCUT2D eigenvalue weighted by molar-refractivity contribution is -0.138. The lowest BCUT2D eigenvalue weighted by atomic mass is 9.89. The molecular formula is C17H25NO5. The van der Waals surface area contributed by atoms with Crippen molar-refractivity contribution >= 4 is 11.9 Å². The Morgan fingerprint density at radius 2 is 2.17 bits per heavy atom. The zero-order valence-corrected chi connectivity index (χ0v) is 14.0. The SMILES string of the molecule is Cc1oc(CN(C)C(=O)CO[C@H]2CCC[C@H](C)C2)cc1C(=O)O. The molecule has 0 unspecified atom stereocenters. The van der Waals surface area contributed by atoms with Gasteiger partial charge >= 0.3 is 5.97 Å². The first-order chi connectivity index (χ1) is 10.9. The second kappa shape index (κ2) is 7.64. The minimum absolute atomic E-state index is 0.0549. The summed E-state index contributed by atoms with van der Waals surface area (Å²) in [5.74, 6) is 0.306. The van der Waals surface area contributed by atoms with Crippen molar-refractivity contribution in [1.82, 2.24) is 4.90 Å². The van der Waals surface area contributed by atoms with E-state index in [4.69, 9.17) is 14.3 Å². The fourth-order valence-corrected chi connectivity index (χ4v) is 2.99. The van der Waals surface area contributed by atoms with Crippen LogP contribution in [0.2, 0.25) is 0 Å². The number of hydrogen-bond donors (Lipinski definition) is 1. The second-order valence-corrected chi connectivity index (χ2v) is 6.44. The molecule has 2 rings (SSSR count). The molecule has 6 heteroatoms. The molecule has 1 heterocycles. The van der Waals surface area contributed by atoms with Crippen molar-refractivity contribution < 1.29 is 23.8 Å². The quantitative estimate of drug-likeness (QED) is 0.870. The summed E-state index contributed by atoms with van der Waals surface area (Å²) in [7, 11) is 1.66. The summed E-state index contributed by atoms with van der Waals surface area (Å²) in [6.07, 6.45) is 4.58. The molecule has 1 aromatic rings. The van der Waals surface area contributed by atoms with Gasteiger partial charge < -0.3 is 19.2 Å². The zero-order chi connectivity index (χ0) is 17.0. The van der Waals surface area contributed by atoms with Gasteiger partial charge in [-0.3, -0.25) is 4.79 Å².